The van der Waals surface area contributed by atoms with Gasteiger partial charge >= 0.3 is 0 Å². The highest BCUT2D eigenvalue weighted by Gasteiger charge is 2.08. The maximum Gasteiger partial charge on any atom is 0.279 e. The fourth-order valence-electron chi connectivity index (χ4n) is 3.34. The van der Waals surface area contributed by atoms with E-state index in [0.717, 1.165) is 11.1 Å². The first kappa shape index (κ1) is 22.7. The van der Waals surface area contributed by atoms with Crippen molar-refractivity contribution >= 4 is 12.2 Å². The highest BCUT2D eigenvalue weighted by atomic mass is 16.5. The molecule has 4 rings (SSSR count). The molecule has 0 bridgehead atoms. The zero-order chi connectivity index (χ0) is 23.9. The Bertz CT molecular complexity index is 1370. The Morgan fingerprint density at radius 1 is 1.00 bits per heavy atom. The van der Waals surface area contributed by atoms with Gasteiger partial charge in [0.25, 0.3) is 5.56 Å². The number of hydrazone groups is 1. The summed E-state index contributed by atoms with van der Waals surface area (Å²) in [5.74, 6) is 1.37. The van der Waals surface area contributed by atoms with Gasteiger partial charge in [0.2, 0.25) is 5.95 Å². The predicted molar refractivity (Wildman–Crippen MR) is 133 cm³/mol. The second-order valence-corrected chi connectivity index (χ2v) is 7.72. The van der Waals surface area contributed by atoms with Crippen LogP contribution in [0.3, 0.4) is 0 Å². The third-order valence-electron chi connectivity index (χ3n) is 5.20. The molecule has 1 aromatic heterocycles. The molecule has 3 aromatic carbocycles. The Hall–Kier alpha value is -4.46. The third-order valence-corrected chi connectivity index (χ3v) is 5.20. The zero-order valence-corrected chi connectivity index (χ0v) is 19.2. The van der Waals surface area contributed by atoms with Gasteiger partial charge in [-0.2, -0.15) is 5.10 Å². The summed E-state index contributed by atoms with van der Waals surface area (Å²) in [5, 5.41) is 12.1. The summed E-state index contributed by atoms with van der Waals surface area (Å²) < 4.78 is 11.5. The van der Waals surface area contributed by atoms with E-state index in [1.165, 1.54) is 11.1 Å². The Balaban J connectivity index is 1.42. The summed E-state index contributed by atoms with van der Waals surface area (Å²) >= 11 is 0. The summed E-state index contributed by atoms with van der Waals surface area (Å²) in [4.78, 5) is 15.0. The summed E-state index contributed by atoms with van der Waals surface area (Å²) in [7, 11) is 1.59. The van der Waals surface area contributed by atoms with Crippen LogP contribution in [0.25, 0.3) is 11.3 Å². The molecule has 0 saturated heterocycles. The first-order valence-electron chi connectivity index (χ1n) is 10.7. The first-order valence-corrected chi connectivity index (χ1v) is 10.7. The quantitative estimate of drug-likeness (QED) is 0.300. The molecule has 0 unspecified atom stereocenters. The SMILES string of the molecule is COc1cc(/C=N/Nc2nnc(-c3ccccc3)c(=O)[nH]2)ccc1OCc1cc(C)ccc1C. The molecule has 172 valence electrons. The van der Waals surface area contributed by atoms with Gasteiger partial charge in [0, 0.05) is 5.56 Å². The maximum absolute atomic E-state index is 12.3. The number of aryl methyl sites for hydroxylation is 2. The Morgan fingerprint density at radius 2 is 1.82 bits per heavy atom. The number of hydrogen-bond donors (Lipinski definition) is 2. The number of benzene rings is 3. The van der Waals surface area contributed by atoms with Gasteiger partial charge in [0.15, 0.2) is 17.2 Å². The van der Waals surface area contributed by atoms with E-state index in [0.29, 0.717) is 23.7 Å². The number of aromatic nitrogens is 3. The molecular formula is C26H25N5O3. The summed E-state index contributed by atoms with van der Waals surface area (Å²) in [6.45, 7) is 4.57. The van der Waals surface area contributed by atoms with Gasteiger partial charge in [0.1, 0.15) is 6.61 Å². The highest BCUT2D eigenvalue weighted by Crippen LogP contribution is 2.29. The van der Waals surface area contributed by atoms with Crippen LogP contribution in [0.1, 0.15) is 22.3 Å². The topological polar surface area (TPSA) is 101 Å². The molecule has 8 heteroatoms. The fraction of sp³-hybridized carbons (Fsp3) is 0.154. The van der Waals surface area contributed by atoms with Crippen LogP contribution in [0, 0.1) is 13.8 Å². The lowest BCUT2D eigenvalue weighted by molar-refractivity contribution is 0.284. The van der Waals surface area contributed by atoms with Crippen LogP contribution >= 0.6 is 0 Å². The van der Waals surface area contributed by atoms with Gasteiger partial charge in [-0.1, -0.05) is 54.1 Å². The molecule has 0 aliphatic heterocycles. The van der Waals surface area contributed by atoms with E-state index in [1.54, 1.807) is 25.5 Å². The molecule has 2 N–H and O–H groups in total. The molecular weight excluding hydrogens is 430 g/mol. The van der Waals surface area contributed by atoms with Gasteiger partial charge in [-0.25, -0.2) is 5.43 Å². The lowest BCUT2D eigenvalue weighted by Gasteiger charge is -2.13. The molecule has 0 saturated carbocycles. The van der Waals surface area contributed by atoms with Crippen LogP contribution in [0.5, 0.6) is 11.5 Å². The lowest BCUT2D eigenvalue weighted by Crippen LogP contribution is -2.15. The Kier molecular flexibility index (Phi) is 6.98. The first-order chi connectivity index (χ1) is 16.5. The van der Waals surface area contributed by atoms with Crippen molar-refractivity contribution in [3.63, 3.8) is 0 Å². The molecule has 4 aromatic rings. The van der Waals surface area contributed by atoms with Gasteiger partial charge in [-0.05, 0) is 48.7 Å². The number of ether oxygens (including phenoxy) is 2. The van der Waals surface area contributed by atoms with Crippen molar-refractivity contribution in [3.8, 4) is 22.8 Å². The number of aromatic amines is 1. The summed E-state index contributed by atoms with van der Waals surface area (Å²) in [6.07, 6.45) is 1.59. The second kappa shape index (κ2) is 10.4. The molecule has 0 fully saturated rings. The van der Waals surface area contributed by atoms with Crippen LogP contribution in [0.2, 0.25) is 0 Å². The normalized spacial score (nSPS) is 10.9. The standard InChI is InChI=1S/C26H25N5O3/c1-17-9-10-18(2)21(13-17)16-34-22-12-11-19(14-23(22)33-3)15-27-30-26-28-25(32)24(29-31-26)20-7-5-4-6-8-20/h4-15H,16H2,1-3H3,(H2,28,30,31,32)/b27-15+. The van der Waals surface area contributed by atoms with E-state index in [-0.39, 0.29) is 17.2 Å². The second-order valence-electron chi connectivity index (χ2n) is 7.72. The average molecular weight is 456 g/mol. The van der Waals surface area contributed by atoms with E-state index in [2.05, 4.69) is 57.8 Å². The third kappa shape index (κ3) is 5.47. The highest BCUT2D eigenvalue weighted by molar-refractivity contribution is 5.81. The maximum atomic E-state index is 12.3. The molecule has 1 heterocycles. The monoisotopic (exact) mass is 455 g/mol. The fourth-order valence-corrected chi connectivity index (χ4v) is 3.34. The number of hydrogen-bond acceptors (Lipinski definition) is 7. The van der Waals surface area contributed by atoms with E-state index in [9.17, 15) is 4.79 Å². The zero-order valence-electron chi connectivity index (χ0n) is 19.2. The smallest absolute Gasteiger partial charge is 0.279 e. The largest absolute Gasteiger partial charge is 0.493 e. The number of nitrogens with one attached hydrogen (secondary N) is 2. The Labute approximate surface area is 197 Å². The van der Waals surface area contributed by atoms with Gasteiger partial charge < -0.3 is 9.47 Å². The molecule has 0 radical (unpaired) electrons. The summed E-state index contributed by atoms with van der Waals surface area (Å²) in [5.41, 5.74) is 7.55. The van der Waals surface area contributed by atoms with Crippen molar-refractivity contribution in [3.05, 3.63) is 99.3 Å². The van der Waals surface area contributed by atoms with E-state index < -0.39 is 0 Å². The molecule has 0 atom stereocenters. The van der Waals surface area contributed by atoms with Crippen molar-refractivity contribution in [1.29, 1.82) is 0 Å². The number of nitrogens with zero attached hydrogens (tertiary/aromatic N) is 3. The molecule has 8 nitrogen and oxygen atoms in total. The van der Waals surface area contributed by atoms with E-state index >= 15 is 0 Å². The number of methoxy groups -OCH3 is 1. The van der Waals surface area contributed by atoms with Crippen LogP contribution in [0.15, 0.2) is 76.6 Å². The Morgan fingerprint density at radius 3 is 2.59 bits per heavy atom. The van der Waals surface area contributed by atoms with Crippen molar-refractivity contribution in [2.24, 2.45) is 5.10 Å². The van der Waals surface area contributed by atoms with Crippen LogP contribution in [0.4, 0.5) is 5.95 Å². The van der Waals surface area contributed by atoms with E-state index in [4.69, 9.17) is 9.47 Å². The molecule has 0 aliphatic rings. The molecule has 0 amide bonds. The molecule has 0 aliphatic carbocycles. The van der Waals surface area contributed by atoms with Crippen molar-refractivity contribution < 1.29 is 9.47 Å². The van der Waals surface area contributed by atoms with E-state index in [1.807, 2.05) is 36.4 Å². The predicted octanol–water partition coefficient (Wildman–Crippen LogP) is 4.48. The van der Waals surface area contributed by atoms with Crippen molar-refractivity contribution in [2.75, 3.05) is 12.5 Å². The average Bonchev–Trinajstić information content (AvgIpc) is 2.85. The van der Waals surface area contributed by atoms with Crippen molar-refractivity contribution in [2.45, 2.75) is 20.5 Å². The minimum Gasteiger partial charge on any atom is -0.493 e. The van der Waals surface area contributed by atoms with Crippen molar-refractivity contribution in [1.82, 2.24) is 15.2 Å². The lowest BCUT2D eigenvalue weighted by atomic mass is 10.1. The van der Waals surface area contributed by atoms with Crippen LogP contribution in [-0.2, 0) is 6.61 Å². The molecule has 34 heavy (non-hydrogen) atoms. The minimum absolute atomic E-state index is 0.140. The minimum atomic E-state index is -0.356. The van der Waals surface area contributed by atoms with Gasteiger partial charge in [-0.15, -0.1) is 10.2 Å². The number of rotatable bonds is 8. The number of H-pyrrole nitrogens is 1. The summed E-state index contributed by atoms with van der Waals surface area (Å²) in [6, 6.07) is 20.9. The molecule has 0 spiro atoms. The van der Waals surface area contributed by atoms with Gasteiger partial charge in [-0.3, -0.25) is 9.78 Å². The number of anilines is 1. The van der Waals surface area contributed by atoms with Crippen LogP contribution in [-0.4, -0.2) is 28.5 Å². The van der Waals surface area contributed by atoms with Gasteiger partial charge in [0.05, 0.1) is 13.3 Å². The van der Waals surface area contributed by atoms with Crippen LogP contribution < -0.4 is 20.5 Å².